The number of carbonyl (C=O) groups is 1. The lowest BCUT2D eigenvalue weighted by Crippen LogP contribution is -2.47. The van der Waals surface area contributed by atoms with Crippen molar-refractivity contribution in [1.29, 1.82) is 0 Å². The van der Waals surface area contributed by atoms with Crippen LogP contribution in [0.2, 0.25) is 0 Å². The molecule has 1 fully saturated rings. The molecule has 198 valence electrons. The highest BCUT2D eigenvalue weighted by molar-refractivity contribution is 6.09. The molecule has 3 aromatic rings. The largest absolute Gasteiger partial charge is 0.390 e. The predicted octanol–water partition coefficient (Wildman–Crippen LogP) is 4.85. The van der Waals surface area contributed by atoms with Gasteiger partial charge in [-0.1, -0.05) is 36.4 Å². The van der Waals surface area contributed by atoms with Crippen molar-refractivity contribution in [3.63, 3.8) is 0 Å². The van der Waals surface area contributed by atoms with Gasteiger partial charge in [0.25, 0.3) is 5.91 Å². The van der Waals surface area contributed by atoms with Crippen LogP contribution in [0, 0.1) is 17.5 Å². The van der Waals surface area contributed by atoms with E-state index in [1.807, 2.05) is 12.1 Å². The number of halogens is 3. The van der Waals surface area contributed by atoms with Gasteiger partial charge in [-0.15, -0.1) is 0 Å². The quantitative estimate of drug-likeness (QED) is 0.484. The minimum absolute atomic E-state index is 0.0518. The Labute approximate surface area is 220 Å². The Kier molecular flexibility index (Phi) is 7.36. The molecule has 0 saturated carbocycles. The zero-order valence-corrected chi connectivity index (χ0v) is 21.2. The van der Waals surface area contributed by atoms with Gasteiger partial charge in [0.1, 0.15) is 23.3 Å². The summed E-state index contributed by atoms with van der Waals surface area (Å²) in [4.78, 5) is 22.3. The van der Waals surface area contributed by atoms with Crippen LogP contribution in [0.3, 0.4) is 0 Å². The first-order valence-electron chi connectivity index (χ1n) is 12.8. The van der Waals surface area contributed by atoms with E-state index in [0.717, 1.165) is 31.5 Å². The van der Waals surface area contributed by atoms with Crippen LogP contribution in [0.5, 0.6) is 0 Å². The van der Waals surface area contributed by atoms with Gasteiger partial charge in [-0.25, -0.2) is 18.2 Å². The average Bonchev–Trinajstić information content (AvgIpc) is 3.16. The molecular weight excluding hydrogens is 491 g/mol. The molecule has 1 unspecified atom stereocenters. The smallest absolute Gasteiger partial charge is 0.265 e. The molecule has 2 aliphatic rings. The topological polar surface area (TPSA) is 56.1 Å². The SMILES string of the molecule is CC1=NC(c2ccc(F)cc2)(c2ccc(F)cc2)C(=O)N1CC(O)CN1CCC(c2ccc(F)cc2)CC1. The van der Waals surface area contributed by atoms with E-state index in [0.29, 0.717) is 29.4 Å². The van der Waals surface area contributed by atoms with Crippen LogP contribution in [0.15, 0.2) is 77.8 Å². The highest BCUT2D eigenvalue weighted by Crippen LogP contribution is 2.40. The number of nitrogens with zero attached hydrogens (tertiary/aromatic N) is 3. The Morgan fingerprint density at radius 1 is 0.842 bits per heavy atom. The molecule has 1 saturated heterocycles. The van der Waals surface area contributed by atoms with Gasteiger partial charge in [0.15, 0.2) is 5.54 Å². The second kappa shape index (κ2) is 10.7. The van der Waals surface area contributed by atoms with Gasteiger partial charge in [-0.05, 0) is 91.9 Å². The summed E-state index contributed by atoms with van der Waals surface area (Å²) >= 11 is 0. The third kappa shape index (κ3) is 5.11. The number of amides is 1. The van der Waals surface area contributed by atoms with E-state index in [1.54, 1.807) is 6.92 Å². The van der Waals surface area contributed by atoms with Crippen LogP contribution in [0.4, 0.5) is 13.2 Å². The molecular formula is C30H30F3N3O2. The van der Waals surface area contributed by atoms with Crippen molar-refractivity contribution in [3.8, 4) is 0 Å². The van der Waals surface area contributed by atoms with E-state index in [1.165, 1.54) is 65.6 Å². The normalized spacial score (nSPS) is 19.0. The highest BCUT2D eigenvalue weighted by atomic mass is 19.1. The number of hydrogen-bond acceptors (Lipinski definition) is 4. The minimum Gasteiger partial charge on any atom is -0.390 e. The molecule has 5 nitrogen and oxygen atoms in total. The van der Waals surface area contributed by atoms with E-state index < -0.39 is 23.3 Å². The number of aliphatic hydroxyl groups is 1. The monoisotopic (exact) mass is 521 g/mol. The maximum atomic E-state index is 13.9. The zero-order chi connectivity index (χ0) is 26.9. The highest BCUT2D eigenvalue weighted by Gasteiger charge is 2.50. The van der Waals surface area contributed by atoms with Gasteiger partial charge in [0, 0.05) is 6.54 Å². The van der Waals surface area contributed by atoms with Gasteiger partial charge < -0.3 is 10.0 Å². The summed E-state index contributed by atoms with van der Waals surface area (Å²) in [7, 11) is 0. The Morgan fingerprint density at radius 3 is 1.82 bits per heavy atom. The predicted molar refractivity (Wildman–Crippen MR) is 139 cm³/mol. The third-order valence-corrected chi connectivity index (χ3v) is 7.59. The van der Waals surface area contributed by atoms with Crippen LogP contribution < -0.4 is 0 Å². The lowest BCUT2D eigenvalue weighted by atomic mass is 9.82. The maximum Gasteiger partial charge on any atom is 0.265 e. The first kappa shape index (κ1) is 26.1. The van der Waals surface area contributed by atoms with E-state index in [-0.39, 0.29) is 18.3 Å². The van der Waals surface area contributed by atoms with Crippen molar-refractivity contribution in [2.45, 2.75) is 37.3 Å². The molecule has 2 heterocycles. The van der Waals surface area contributed by atoms with Crippen molar-refractivity contribution in [2.24, 2.45) is 4.99 Å². The Hall–Kier alpha value is -3.49. The summed E-state index contributed by atoms with van der Waals surface area (Å²) in [5.74, 6) is -0.715. The summed E-state index contributed by atoms with van der Waals surface area (Å²) in [5, 5.41) is 11.0. The van der Waals surface area contributed by atoms with Crippen LogP contribution in [-0.4, -0.2) is 58.9 Å². The number of rotatable bonds is 7. The standard InChI is InChI=1S/C30H30F3N3O2/c1-20-34-30(23-4-10-26(32)11-5-23,24-6-12-27(33)13-7-24)29(38)36(20)19-28(37)18-35-16-14-22(15-17-35)21-2-8-25(31)9-3-21/h2-13,22,28,37H,14-19H2,1H3. The number of carbonyl (C=O) groups excluding carboxylic acids is 1. The fourth-order valence-electron chi connectivity index (χ4n) is 5.58. The van der Waals surface area contributed by atoms with Crippen molar-refractivity contribution in [3.05, 3.63) is 107 Å². The molecule has 1 amide bonds. The molecule has 2 aliphatic heterocycles. The first-order chi connectivity index (χ1) is 18.3. The molecule has 38 heavy (non-hydrogen) atoms. The maximum absolute atomic E-state index is 13.9. The van der Waals surface area contributed by atoms with Crippen molar-refractivity contribution in [1.82, 2.24) is 9.80 Å². The third-order valence-electron chi connectivity index (χ3n) is 7.59. The van der Waals surface area contributed by atoms with Crippen LogP contribution in [0.1, 0.15) is 42.4 Å². The number of benzene rings is 3. The first-order valence-corrected chi connectivity index (χ1v) is 12.8. The lowest BCUT2D eigenvalue weighted by Gasteiger charge is -2.34. The van der Waals surface area contributed by atoms with E-state index in [4.69, 9.17) is 4.99 Å². The van der Waals surface area contributed by atoms with Crippen LogP contribution >= 0.6 is 0 Å². The second-order valence-corrected chi connectivity index (χ2v) is 10.1. The van der Waals surface area contributed by atoms with E-state index in [2.05, 4.69) is 4.90 Å². The summed E-state index contributed by atoms with van der Waals surface area (Å²) in [6.07, 6.45) is 0.989. The second-order valence-electron chi connectivity index (χ2n) is 10.1. The summed E-state index contributed by atoms with van der Waals surface area (Å²) < 4.78 is 40.7. The Bertz CT molecular complexity index is 1260. The molecule has 0 aliphatic carbocycles. The number of likely N-dealkylation sites (tertiary alicyclic amines) is 1. The number of β-amino-alcohol motifs (C(OH)–C–C–N with tert-alkyl or cyclic N) is 1. The number of hydrogen-bond donors (Lipinski definition) is 1. The lowest BCUT2D eigenvalue weighted by molar-refractivity contribution is -0.131. The Balaban J connectivity index is 1.28. The number of piperidine rings is 1. The molecule has 1 N–H and O–H groups in total. The van der Waals surface area contributed by atoms with E-state index >= 15 is 0 Å². The van der Waals surface area contributed by atoms with Gasteiger partial charge >= 0.3 is 0 Å². The van der Waals surface area contributed by atoms with Gasteiger partial charge in [0.2, 0.25) is 0 Å². The fraction of sp³-hybridized carbons (Fsp3) is 0.333. The molecule has 1 atom stereocenters. The van der Waals surface area contributed by atoms with Gasteiger partial charge in [-0.3, -0.25) is 9.69 Å². The molecule has 0 aromatic heterocycles. The van der Waals surface area contributed by atoms with Crippen molar-refractivity contribution in [2.75, 3.05) is 26.2 Å². The minimum atomic E-state index is -1.49. The number of aliphatic imine (C=N–C) groups is 1. The molecule has 3 aromatic carbocycles. The summed E-state index contributed by atoms with van der Waals surface area (Å²) in [5.41, 5.74) is 0.571. The van der Waals surface area contributed by atoms with Gasteiger partial charge in [0.05, 0.1) is 12.6 Å². The van der Waals surface area contributed by atoms with Crippen molar-refractivity contribution >= 4 is 11.7 Å². The molecule has 0 spiro atoms. The average molecular weight is 522 g/mol. The zero-order valence-electron chi connectivity index (χ0n) is 21.2. The van der Waals surface area contributed by atoms with Crippen molar-refractivity contribution < 1.29 is 23.1 Å². The molecule has 0 radical (unpaired) electrons. The van der Waals surface area contributed by atoms with Gasteiger partial charge in [-0.2, -0.15) is 0 Å². The fourth-order valence-corrected chi connectivity index (χ4v) is 5.58. The summed E-state index contributed by atoms with van der Waals surface area (Å²) in [6.45, 7) is 3.72. The number of aliphatic hydroxyl groups excluding tert-OH is 1. The number of amidine groups is 1. The van der Waals surface area contributed by atoms with Crippen LogP contribution in [0.25, 0.3) is 0 Å². The summed E-state index contributed by atoms with van der Waals surface area (Å²) in [6, 6.07) is 17.8. The molecule has 8 heteroatoms. The van der Waals surface area contributed by atoms with E-state index in [9.17, 15) is 23.1 Å². The van der Waals surface area contributed by atoms with Crippen LogP contribution in [-0.2, 0) is 10.3 Å². The Morgan fingerprint density at radius 2 is 1.32 bits per heavy atom. The molecule has 0 bridgehead atoms. The molecule has 5 rings (SSSR count).